The minimum atomic E-state index is 0.465. The molecule has 0 aliphatic carbocycles. The summed E-state index contributed by atoms with van der Waals surface area (Å²) in [6.07, 6.45) is 1.87. The molecule has 0 spiro atoms. The third-order valence-electron chi connectivity index (χ3n) is 4.33. The lowest BCUT2D eigenvalue weighted by atomic mass is 10.1. The molecule has 28 heavy (non-hydrogen) atoms. The van der Waals surface area contributed by atoms with Crippen LogP contribution in [0, 0.1) is 6.92 Å². The van der Waals surface area contributed by atoms with Gasteiger partial charge in [0.1, 0.15) is 18.1 Å². The molecule has 0 fully saturated rings. The van der Waals surface area contributed by atoms with Crippen LogP contribution in [0.4, 0.5) is 0 Å². The Balaban J connectivity index is 1.43. The molecule has 7 heteroatoms. The van der Waals surface area contributed by atoms with Crippen molar-refractivity contribution >= 4 is 0 Å². The van der Waals surface area contributed by atoms with Crippen molar-refractivity contribution in [2.75, 3.05) is 7.11 Å². The summed E-state index contributed by atoms with van der Waals surface area (Å²) in [7, 11) is 3.50. The lowest BCUT2D eigenvalue weighted by molar-refractivity contribution is 0.305. The maximum atomic E-state index is 5.82. The van der Waals surface area contributed by atoms with Crippen LogP contribution in [0.5, 0.6) is 11.5 Å². The third-order valence-corrected chi connectivity index (χ3v) is 4.33. The summed E-state index contributed by atoms with van der Waals surface area (Å²) in [5, 5.41) is 12.6. The second-order valence-corrected chi connectivity index (χ2v) is 6.38. The number of hydrogen-bond donors (Lipinski definition) is 0. The molecule has 7 nitrogen and oxygen atoms in total. The van der Waals surface area contributed by atoms with Crippen molar-refractivity contribution in [1.29, 1.82) is 0 Å². The molecule has 0 N–H and O–H groups in total. The van der Waals surface area contributed by atoms with Crippen LogP contribution < -0.4 is 9.47 Å². The molecular formula is C21H20N4O3. The lowest BCUT2D eigenvalue weighted by Gasteiger charge is -2.07. The number of aromatic nitrogens is 4. The predicted molar refractivity (Wildman–Crippen MR) is 104 cm³/mol. The van der Waals surface area contributed by atoms with Crippen LogP contribution in [0.25, 0.3) is 22.9 Å². The molecule has 0 saturated heterocycles. The quantitative estimate of drug-likeness (QED) is 0.506. The van der Waals surface area contributed by atoms with Crippen molar-refractivity contribution in [2.45, 2.75) is 13.5 Å². The van der Waals surface area contributed by atoms with Crippen molar-refractivity contribution in [2.24, 2.45) is 7.05 Å². The molecule has 0 amide bonds. The van der Waals surface area contributed by atoms with Gasteiger partial charge in [-0.05, 0) is 48.9 Å². The zero-order chi connectivity index (χ0) is 19.5. The van der Waals surface area contributed by atoms with Crippen molar-refractivity contribution in [1.82, 2.24) is 20.0 Å². The Labute approximate surface area is 162 Å². The van der Waals surface area contributed by atoms with Gasteiger partial charge in [0.25, 0.3) is 5.89 Å². The summed E-state index contributed by atoms with van der Waals surface area (Å²) in [6.45, 7) is 2.38. The molecule has 4 aromatic rings. The Hall–Kier alpha value is -3.61. The Morgan fingerprint density at radius 2 is 1.61 bits per heavy atom. The maximum Gasteiger partial charge on any atom is 0.251 e. The van der Waals surface area contributed by atoms with Gasteiger partial charge in [0, 0.05) is 18.8 Å². The van der Waals surface area contributed by atoms with E-state index in [1.165, 1.54) is 0 Å². The summed E-state index contributed by atoms with van der Waals surface area (Å²) in [5.74, 6) is 2.53. The maximum absolute atomic E-state index is 5.82. The molecule has 142 valence electrons. The molecule has 0 aliphatic rings. The van der Waals surface area contributed by atoms with Crippen molar-refractivity contribution in [3.63, 3.8) is 0 Å². The van der Waals surface area contributed by atoms with E-state index in [2.05, 4.69) is 15.3 Å². The number of ether oxygens (including phenoxy) is 2. The smallest absolute Gasteiger partial charge is 0.251 e. The van der Waals surface area contributed by atoms with Crippen LogP contribution in [0.3, 0.4) is 0 Å². The zero-order valence-electron chi connectivity index (χ0n) is 15.9. The summed E-state index contributed by atoms with van der Waals surface area (Å²) in [5.41, 5.74) is 3.59. The largest absolute Gasteiger partial charge is 0.497 e. The minimum Gasteiger partial charge on any atom is -0.497 e. The van der Waals surface area contributed by atoms with E-state index in [-0.39, 0.29) is 0 Å². The van der Waals surface area contributed by atoms with Crippen LogP contribution >= 0.6 is 0 Å². The summed E-state index contributed by atoms with van der Waals surface area (Å²) in [6, 6.07) is 15.4. The summed E-state index contributed by atoms with van der Waals surface area (Å²) in [4.78, 5) is 0. The molecule has 2 heterocycles. The zero-order valence-corrected chi connectivity index (χ0v) is 15.9. The number of benzene rings is 2. The normalized spacial score (nSPS) is 10.8. The highest BCUT2D eigenvalue weighted by Gasteiger charge is 2.14. The molecule has 4 rings (SSSR count). The molecule has 0 bridgehead atoms. The summed E-state index contributed by atoms with van der Waals surface area (Å²) >= 11 is 0. The van der Waals surface area contributed by atoms with Crippen LogP contribution in [-0.2, 0) is 13.7 Å². The average Bonchev–Trinajstić information content (AvgIpc) is 3.33. The molecule has 0 radical (unpaired) electrons. The van der Waals surface area contributed by atoms with E-state index in [1.807, 2.05) is 68.7 Å². The van der Waals surface area contributed by atoms with Crippen molar-refractivity contribution in [3.05, 3.63) is 66.0 Å². The molecular weight excluding hydrogens is 356 g/mol. The lowest BCUT2D eigenvalue weighted by Crippen LogP contribution is -1.95. The molecule has 0 aliphatic heterocycles. The first kappa shape index (κ1) is 17.8. The summed E-state index contributed by atoms with van der Waals surface area (Å²) < 4.78 is 18.5. The van der Waals surface area contributed by atoms with Gasteiger partial charge in [-0.1, -0.05) is 12.1 Å². The number of hydrogen-bond acceptors (Lipinski definition) is 6. The Kier molecular flexibility index (Phi) is 4.80. The van der Waals surface area contributed by atoms with Crippen LogP contribution in [0.1, 0.15) is 11.3 Å². The average molecular weight is 376 g/mol. The monoisotopic (exact) mass is 376 g/mol. The Morgan fingerprint density at radius 3 is 2.25 bits per heavy atom. The van der Waals surface area contributed by atoms with Gasteiger partial charge in [0.15, 0.2) is 0 Å². The number of methoxy groups -OCH3 is 1. The van der Waals surface area contributed by atoms with Gasteiger partial charge in [0.2, 0.25) is 5.89 Å². The topological polar surface area (TPSA) is 75.2 Å². The molecule has 2 aromatic carbocycles. The van der Waals surface area contributed by atoms with Gasteiger partial charge in [-0.15, -0.1) is 10.2 Å². The van der Waals surface area contributed by atoms with E-state index in [1.54, 1.807) is 11.8 Å². The number of aryl methyl sites for hydroxylation is 2. The Bertz CT molecular complexity index is 1070. The van der Waals surface area contributed by atoms with Crippen LogP contribution in [0.15, 0.2) is 59.1 Å². The first-order valence-electron chi connectivity index (χ1n) is 8.82. The minimum absolute atomic E-state index is 0.465. The van der Waals surface area contributed by atoms with E-state index in [0.717, 1.165) is 33.9 Å². The van der Waals surface area contributed by atoms with Gasteiger partial charge in [-0.25, -0.2) is 0 Å². The van der Waals surface area contributed by atoms with Crippen molar-refractivity contribution < 1.29 is 13.9 Å². The highest BCUT2D eigenvalue weighted by Crippen LogP contribution is 2.26. The Morgan fingerprint density at radius 1 is 0.929 bits per heavy atom. The highest BCUT2D eigenvalue weighted by molar-refractivity contribution is 5.59. The van der Waals surface area contributed by atoms with Gasteiger partial charge < -0.3 is 13.9 Å². The van der Waals surface area contributed by atoms with E-state index in [4.69, 9.17) is 13.9 Å². The van der Waals surface area contributed by atoms with Gasteiger partial charge in [0.05, 0.1) is 18.4 Å². The number of rotatable bonds is 6. The van der Waals surface area contributed by atoms with Crippen molar-refractivity contribution in [3.8, 4) is 34.4 Å². The first-order chi connectivity index (χ1) is 13.6. The van der Waals surface area contributed by atoms with Gasteiger partial charge in [-0.2, -0.15) is 5.10 Å². The second kappa shape index (κ2) is 7.56. The van der Waals surface area contributed by atoms with E-state index in [9.17, 15) is 0 Å². The fourth-order valence-corrected chi connectivity index (χ4v) is 2.84. The van der Waals surface area contributed by atoms with E-state index >= 15 is 0 Å². The number of nitrogens with zero attached hydrogens (tertiary/aromatic N) is 4. The van der Waals surface area contributed by atoms with Crippen LogP contribution in [0.2, 0.25) is 0 Å². The first-order valence-corrected chi connectivity index (χ1v) is 8.82. The molecule has 2 aromatic heterocycles. The fraction of sp³-hybridized carbons (Fsp3) is 0.190. The third kappa shape index (κ3) is 3.73. The second-order valence-electron chi connectivity index (χ2n) is 6.38. The van der Waals surface area contributed by atoms with E-state index < -0.39 is 0 Å². The molecule has 0 saturated carbocycles. The van der Waals surface area contributed by atoms with Crippen LogP contribution in [-0.4, -0.2) is 27.1 Å². The van der Waals surface area contributed by atoms with Gasteiger partial charge in [-0.3, -0.25) is 4.68 Å². The molecule has 0 atom stereocenters. The standard InChI is InChI=1S/C21H20N4O3/c1-14-19(12-25(2)24-14)21-23-22-20(28-21)16-6-4-15(5-7-16)13-27-18-10-8-17(26-3)9-11-18/h4-12H,13H2,1-3H3. The SMILES string of the molecule is COc1ccc(OCc2ccc(-c3nnc(-c4cn(C)nc4C)o3)cc2)cc1. The predicted octanol–water partition coefficient (Wildman–Crippen LogP) is 4.03. The van der Waals surface area contributed by atoms with E-state index in [0.29, 0.717) is 18.4 Å². The fourth-order valence-electron chi connectivity index (χ4n) is 2.84. The van der Waals surface area contributed by atoms with Gasteiger partial charge >= 0.3 is 0 Å². The highest BCUT2D eigenvalue weighted by atomic mass is 16.5. The molecule has 0 unspecified atom stereocenters.